The molecule has 0 bridgehead atoms. The molecule has 0 amide bonds. The Labute approximate surface area is 318 Å². The van der Waals surface area contributed by atoms with Gasteiger partial charge in [0, 0.05) is 50.1 Å². The monoisotopic (exact) mass is 718 g/mol. The Balaban J connectivity index is 1.73. The summed E-state index contributed by atoms with van der Waals surface area (Å²) in [4.78, 5) is 3.41. The molecule has 0 saturated heterocycles. The van der Waals surface area contributed by atoms with Crippen molar-refractivity contribution in [2.45, 2.75) is 0 Å². The number of hydrogen-bond donors (Lipinski definition) is 0. The van der Waals surface area contributed by atoms with Crippen LogP contribution in [0.3, 0.4) is 0 Å². The molecule has 0 saturated carbocycles. The van der Waals surface area contributed by atoms with Crippen molar-refractivity contribution in [3.63, 3.8) is 0 Å². The SMILES string of the molecule is [C-]#[N+]c1cc(C#N)cc(/C(C#N)=C2\C(c3ccccc3)=C(C#N)c3c(F)c4c(c(F)c32)C(C#N)=C(c2ccccc2)/C4=C(/C#N)c2cc(C#N)cc(C#N)c2)c1. The normalized spacial score (nSPS) is 14.0. The summed E-state index contributed by atoms with van der Waals surface area (Å²) >= 11 is 0. The van der Waals surface area contributed by atoms with Gasteiger partial charge in [-0.25, -0.2) is 13.6 Å². The third-order valence-corrected chi connectivity index (χ3v) is 9.39. The molecular weight excluding hydrogens is 703 g/mol. The van der Waals surface area contributed by atoms with Crippen LogP contribution in [0, 0.1) is 97.5 Å². The summed E-state index contributed by atoms with van der Waals surface area (Å²) in [5, 5.41) is 72.4. The van der Waals surface area contributed by atoms with Gasteiger partial charge in [0.2, 0.25) is 0 Å². The van der Waals surface area contributed by atoms with Crippen LogP contribution in [-0.2, 0) is 0 Å². The van der Waals surface area contributed by atoms with Gasteiger partial charge >= 0.3 is 0 Å². The van der Waals surface area contributed by atoms with Crippen LogP contribution < -0.4 is 0 Å². The molecule has 0 aliphatic heterocycles. The van der Waals surface area contributed by atoms with Crippen molar-refractivity contribution in [1.29, 1.82) is 36.8 Å². The molecule has 0 aromatic heterocycles. The van der Waals surface area contributed by atoms with Crippen LogP contribution in [0.4, 0.5) is 14.5 Å². The third-order valence-electron chi connectivity index (χ3n) is 9.39. The minimum Gasteiger partial charge on any atom is -0.238 e. The average Bonchev–Trinajstić information content (AvgIpc) is 3.78. The summed E-state index contributed by atoms with van der Waals surface area (Å²) < 4.78 is 36.0. The molecule has 10 heteroatoms. The predicted molar refractivity (Wildman–Crippen MR) is 202 cm³/mol. The Hall–Kier alpha value is -9.16. The average molecular weight is 719 g/mol. The van der Waals surface area contributed by atoms with E-state index in [0.717, 1.165) is 0 Å². The first-order valence-corrected chi connectivity index (χ1v) is 16.4. The van der Waals surface area contributed by atoms with Crippen molar-refractivity contribution >= 4 is 50.3 Å². The van der Waals surface area contributed by atoms with E-state index < -0.39 is 33.9 Å². The molecule has 0 unspecified atom stereocenters. The first-order valence-electron chi connectivity index (χ1n) is 16.4. The maximum Gasteiger partial charge on any atom is 0.189 e. The fourth-order valence-electron chi connectivity index (χ4n) is 7.20. The standard InChI is InChI=1S/C46H16F2N8/c1-56-32-16-27(20-51)15-31(17-32)34(22-53)40-38(29-10-6-3-7-11-29)36(24-55)42-44(40)46(48)41-35(23-54)37(28-8-4-2-5-9-28)39(43(41)45(42)47)33(21-52)30-13-25(18-49)12-26(14-30)19-50/h2-17H/b39-33+,40-34+. The van der Waals surface area contributed by atoms with Gasteiger partial charge < -0.3 is 0 Å². The lowest BCUT2D eigenvalue weighted by atomic mass is 9.86. The molecular formula is C46H16F2N8. The lowest BCUT2D eigenvalue weighted by Crippen LogP contribution is -2.05. The van der Waals surface area contributed by atoms with Crippen molar-refractivity contribution in [1.82, 2.24) is 0 Å². The van der Waals surface area contributed by atoms with Gasteiger partial charge in [-0.1, -0.05) is 60.7 Å². The summed E-state index contributed by atoms with van der Waals surface area (Å²) in [5.74, 6) is -2.33. The highest BCUT2D eigenvalue weighted by atomic mass is 19.1. The minimum atomic E-state index is -1.17. The summed E-state index contributed by atoms with van der Waals surface area (Å²) in [6, 6.07) is 38.2. The maximum absolute atomic E-state index is 18.0. The summed E-state index contributed by atoms with van der Waals surface area (Å²) in [6.45, 7) is 7.59. The van der Waals surface area contributed by atoms with Crippen LogP contribution in [0.2, 0.25) is 0 Å². The number of halogens is 2. The van der Waals surface area contributed by atoms with Gasteiger partial charge in [0.15, 0.2) is 5.69 Å². The van der Waals surface area contributed by atoms with Crippen molar-refractivity contribution in [2.75, 3.05) is 0 Å². The van der Waals surface area contributed by atoms with Crippen molar-refractivity contribution in [3.8, 4) is 42.5 Å². The number of hydrogen-bond acceptors (Lipinski definition) is 7. The van der Waals surface area contributed by atoms with E-state index in [2.05, 4.69) is 10.9 Å². The largest absolute Gasteiger partial charge is 0.238 e. The third kappa shape index (κ3) is 5.36. The lowest BCUT2D eigenvalue weighted by molar-refractivity contribution is 0.590. The number of nitriles is 7. The molecule has 0 radical (unpaired) electrons. The number of fused-ring (bicyclic) bond motifs is 2. The van der Waals surface area contributed by atoms with E-state index in [1.165, 1.54) is 36.4 Å². The number of allylic oxidation sites excluding steroid dienone is 8. The Kier molecular flexibility index (Phi) is 8.88. The molecule has 5 aromatic carbocycles. The smallest absolute Gasteiger partial charge is 0.189 e. The van der Waals surface area contributed by atoms with Crippen molar-refractivity contribution < 1.29 is 8.78 Å². The van der Waals surface area contributed by atoms with Gasteiger partial charge in [-0.05, 0) is 58.7 Å². The molecule has 0 N–H and O–H groups in total. The van der Waals surface area contributed by atoms with Crippen molar-refractivity contribution in [2.24, 2.45) is 0 Å². The zero-order chi connectivity index (χ0) is 39.7. The highest BCUT2D eigenvalue weighted by molar-refractivity contribution is 6.34. The molecule has 2 aliphatic rings. The second kappa shape index (κ2) is 14.1. The molecule has 8 nitrogen and oxygen atoms in total. The van der Waals surface area contributed by atoms with Crippen LogP contribution >= 0.6 is 0 Å². The zero-order valence-corrected chi connectivity index (χ0v) is 28.6. The lowest BCUT2D eigenvalue weighted by Gasteiger charge is -2.17. The van der Waals surface area contributed by atoms with Crippen LogP contribution in [0.1, 0.15) is 61.2 Å². The molecule has 5 aromatic rings. The highest BCUT2D eigenvalue weighted by Gasteiger charge is 2.44. The van der Waals surface area contributed by atoms with Gasteiger partial charge in [-0.2, -0.15) is 36.8 Å². The zero-order valence-electron chi connectivity index (χ0n) is 28.6. The van der Waals surface area contributed by atoms with E-state index >= 15 is 8.78 Å². The van der Waals surface area contributed by atoms with Crippen LogP contribution in [0.25, 0.3) is 49.4 Å². The summed E-state index contributed by atoms with van der Waals surface area (Å²) in [6.07, 6.45) is 0. The number of benzene rings is 5. The topological polar surface area (TPSA) is 171 Å². The van der Waals surface area contributed by atoms with E-state index in [9.17, 15) is 36.8 Å². The molecule has 7 rings (SSSR count). The number of nitrogens with zero attached hydrogens (tertiary/aromatic N) is 8. The van der Waals surface area contributed by atoms with E-state index in [1.807, 2.05) is 36.4 Å². The fraction of sp³-hybridized carbons (Fsp3) is 0. The Bertz CT molecular complexity index is 2830. The molecule has 0 atom stereocenters. The molecule has 2 aliphatic carbocycles. The van der Waals surface area contributed by atoms with E-state index in [4.69, 9.17) is 6.57 Å². The minimum absolute atomic E-state index is 0.00184. The second-order valence-corrected chi connectivity index (χ2v) is 12.3. The van der Waals surface area contributed by atoms with E-state index in [-0.39, 0.29) is 78.1 Å². The fourth-order valence-corrected chi connectivity index (χ4v) is 7.20. The van der Waals surface area contributed by atoms with E-state index in [1.54, 1.807) is 60.7 Å². The molecule has 254 valence electrons. The van der Waals surface area contributed by atoms with Gasteiger partial charge in [0.25, 0.3) is 0 Å². The quantitative estimate of drug-likeness (QED) is 0.131. The second-order valence-electron chi connectivity index (χ2n) is 12.3. The summed E-state index contributed by atoms with van der Waals surface area (Å²) in [7, 11) is 0. The number of rotatable bonds is 4. The van der Waals surface area contributed by atoms with Gasteiger partial charge in [-0.3, -0.25) is 0 Å². The van der Waals surface area contributed by atoms with E-state index in [0.29, 0.717) is 11.1 Å². The predicted octanol–water partition coefficient (Wildman–Crippen LogP) is 9.90. The Morgan fingerprint density at radius 2 is 0.875 bits per heavy atom. The Morgan fingerprint density at radius 1 is 0.482 bits per heavy atom. The van der Waals surface area contributed by atoms with Gasteiger partial charge in [0.05, 0.1) is 58.2 Å². The van der Waals surface area contributed by atoms with Gasteiger partial charge in [-0.15, -0.1) is 0 Å². The highest BCUT2D eigenvalue weighted by Crippen LogP contribution is 2.58. The van der Waals surface area contributed by atoms with Gasteiger partial charge in [0.1, 0.15) is 35.9 Å². The Morgan fingerprint density at radius 3 is 1.23 bits per heavy atom. The molecule has 0 heterocycles. The molecule has 0 spiro atoms. The van der Waals surface area contributed by atoms with Crippen LogP contribution in [-0.4, -0.2) is 0 Å². The summed E-state index contributed by atoms with van der Waals surface area (Å²) in [5.41, 5.74) is -3.01. The molecule has 0 fully saturated rings. The first-order chi connectivity index (χ1) is 27.3. The van der Waals surface area contributed by atoms with Crippen molar-refractivity contribution in [3.05, 3.63) is 181 Å². The first kappa shape index (κ1) is 35.3. The van der Waals surface area contributed by atoms with Crippen LogP contribution in [0.5, 0.6) is 0 Å². The maximum atomic E-state index is 18.0. The molecule has 56 heavy (non-hydrogen) atoms. The van der Waals surface area contributed by atoms with Crippen LogP contribution in [0.15, 0.2) is 97.1 Å².